The van der Waals surface area contributed by atoms with Crippen LogP contribution in [0.25, 0.3) is 0 Å². The summed E-state index contributed by atoms with van der Waals surface area (Å²) in [5.41, 5.74) is 3.79. The molecule has 128 valence electrons. The molecule has 25 heavy (non-hydrogen) atoms. The summed E-state index contributed by atoms with van der Waals surface area (Å²) in [5.74, 6) is 1.64. The Morgan fingerprint density at radius 1 is 1.08 bits per heavy atom. The Morgan fingerprint density at radius 3 is 2.76 bits per heavy atom. The van der Waals surface area contributed by atoms with Gasteiger partial charge in [-0.05, 0) is 49.1 Å². The minimum atomic E-state index is 0.457. The van der Waals surface area contributed by atoms with E-state index in [1.165, 1.54) is 35.5 Å². The number of nitrogens with zero attached hydrogens (tertiary/aromatic N) is 5. The second-order valence-corrected chi connectivity index (χ2v) is 6.72. The smallest absolute Gasteiger partial charge is 0.113 e. The summed E-state index contributed by atoms with van der Waals surface area (Å²) in [6, 6.07) is 6.26. The zero-order chi connectivity index (χ0) is 17.1. The van der Waals surface area contributed by atoms with Crippen LogP contribution < -0.4 is 4.90 Å². The van der Waals surface area contributed by atoms with E-state index in [9.17, 15) is 0 Å². The average molecular weight is 333 g/mol. The van der Waals surface area contributed by atoms with Crippen molar-refractivity contribution in [2.45, 2.75) is 32.2 Å². The summed E-state index contributed by atoms with van der Waals surface area (Å²) in [6.07, 6.45) is 13.9. The third kappa shape index (κ3) is 3.40. The first-order valence-corrected chi connectivity index (χ1v) is 8.87. The van der Waals surface area contributed by atoms with Crippen molar-refractivity contribution in [3.05, 3.63) is 72.3 Å². The van der Waals surface area contributed by atoms with Gasteiger partial charge in [0.15, 0.2) is 0 Å². The molecule has 1 aliphatic heterocycles. The van der Waals surface area contributed by atoms with E-state index in [1.807, 2.05) is 31.0 Å². The minimum absolute atomic E-state index is 0.457. The maximum atomic E-state index is 4.69. The molecule has 5 nitrogen and oxygen atoms in total. The Balaban J connectivity index is 1.54. The van der Waals surface area contributed by atoms with Crippen molar-refractivity contribution in [3.63, 3.8) is 0 Å². The summed E-state index contributed by atoms with van der Waals surface area (Å²) in [4.78, 5) is 15.5. The van der Waals surface area contributed by atoms with Crippen molar-refractivity contribution in [3.8, 4) is 0 Å². The largest absolute Gasteiger partial charge is 0.370 e. The average Bonchev–Trinajstić information content (AvgIpc) is 3.11. The Morgan fingerprint density at radius 2 is 1.92 bits per heavy atom. The van der Waals surface area contributed by atoms with Gasteiger partial charge in [-0.1, -0.05) is 0 Å². The maximum absolute atomic E-state index is 4.69. The molecule has 1 saturated heterocycles. The Labute approximate surface area is 148 Å². The SMILES string of the molecule is Cc1cnccc1N1CCC[C@@H](c2nccn2Cc2ccncc2)C1. The van der Waals surface area contributed by atoms with Gasteiger partial charge < -0.3 is 9.47 Å². The molecule has 1 atom stereocenters. The molecule has 0 aromatic carbocycles. The molecule has 0 N–H and O–H groups in total. The van der Waals surface area contributed by atoms with Gasteiger partial charge in [0, 0.05) is 68.4 Å². The first kappa shape index (κ1) is 15.8. The molecule has 0 spiro atoms. The fourth-order valence-electron chi connectivity index (χ4n) is 3.73. The van der Waals surface area contributed by atoms with Crippen LogP contribution in [0.2, 0.25) is 0 Å². The Bertz CT molecular complexity index is 827. The van der Waals surface area contributed by atoms with Crippen LogP contribution in [0.4, 0.5) is 5.69 Å². The molecule has 3 aromatic rings. The summed E-state index contributed by atoms with van der Waals surface area (Å²) < 4.78 is 2.28. The van der Waals surface area contributed by atoms with Crippen LogP contribution in [0.15, 0.2) is 55.4 Å². The number of hydrogen-bond acceptors (Lipinski definition) is 4. The normalized spacial score (nSPS) is 17.6. The molecule has 4 rings (SSSR count). The molecule has 0 saturated carbocycles. The number of piperidine rings is 1. The Hall–Kier alpha value is -2.69. The molecule has 5 heteroatoms. The van der Waals surface area contributed by atoms with Gasteiger partial charge in [0.2, 0.25) is 0 Å². The van der Waals surface area contributed by atoms with Gasteiger partial charge >= 0.3 is 0 Å². The lowest BCUT2D eigenvalue weighted by atomic mass is 9.96. The quantitative estimate of drug-likeness (QED) is 0.734. The van der Waals surface area contributed by atoms with Crippen molar-refractivity contribution in [2.75, 3.05) is 18.0 Å². The first-order valence-electron chi connectivity index (χ1n) is 8.87. The number of pyridine rings is 2. The molecule has 0 unspecified atom stereocenters. The van der Waals surface area contributed by atoms with Gasteiger partial charge in [-0.25, -0.2) is 4.98 Å². The first-order chi connectivity index (χ1) is 12.3. The molecule has 0 bridgehead atoms. The van der Waals surface area contributed by atoms with E-state index in [4.69, 9.17) is 4.98 Å². The van der Waals surface area contributed by atoms with Crippen molar-refractivity contribution < 1.29 is 0 Å². The van der Waals surface area contributed by atoms with Crippen LogP contribution in [-0.4, -0.2) is 32.6 Å². The fraction of sp³-hybridized carbons (Fsp3) is 0.350. The number of aryl methyl sites for hydroxylation is 1. The van der Waals surface area contributed by atoms with Crippen molar-refractivity contribution in [2.24, 2.45) is 0 Å². The van der Waals surface area contributed by atoms with E-state index >= 15 is 0 Å². The lowest BCUT2D eigenvalue weighted by molar-refractivity contribution is 0.476. The zero-order valence-electron chi connectivity index (χ0n) is 14.5. The van der Waals surface area contributed by atoms with E-state index < -0.39 is 0 Å². The summed E-state index contributed by atoms with van der Waals surface area (Å²) in [6.45, 7) is 5.10. The summed E-state index contributed by atoms with van der Waals surface area (Å²) in [5, 5.41) is 0. The molecule has 0 aliphatic carbocycles. The third-order valence-electron chi connectivity index (χ3n) is 4.97. The highest BCUT2D eigenvalue weighted by Crippen LogP contribution is 2.30. The predicted octanol–water partition coefficient (Wildman–Crippen LogP) is 3.41. The molecule has 1 aliphatic rings. The van der Waals surface area contributed by atoms with Crippen LogP contribution in [0.5, 0.6) is 0 Å². The molecule has 4 heterocycles. The van der Waals surface area contributed by atoms with Crippen LogP contribution >= 0.6 is 0 Å². The lowest BCUT2D eigenvalue weighted by Gasteiger charge is -2.35. The number of aromatic nitrogens is 4. The van der Waals surface area contributed by atoms with Crippen LogP contribution in [-0.2, 0) is 6.54 Å². The maximum Gasteiger partial charge on any atom is 0.113 e. The number of imidazole rings is 1. The molecule has 3 aromatic heterocycles. The van der Waals surface area contributed by atoms with Gasteiger partial charge in [-0.15, -0.1) is 0 Å². The number of rotatable bonds is 4. The third-order valence-corrected chi connectivity index (χ3v) is 4.97. The summed E-state index contributed by atoms with van der Waals surface area (Å²) >= 11 is 0. The van der Waals surface area contributed by atoms with Gasteiger partial charge in [0.1, 0.15) is 5.82 Å². The van der Waals surface area contributed by atoms with Crippen LogP contribution in [0.1, 0.15) is 35.7 Å². The van der Waals surface area contributed by atoms with Crippen molar-refractivity contribution >= 4 is 5.69 Å². The fourth-order valence-corrected chi connectivity index (χ4v) is 3.73. The predicted molar refractivity (Wildman–Crippen MR) is 98.7 cm³/mol. The van der Waals surface area contributed by atoms with E-state index in [1.54, 1.807) is 0 Å². The minimum Gasteiger partial charge on any atom is -0.370 e. The van der Waals surface area contributed by atoms with E-state index in [2.05, 4.69) is 50.8 Å². The highest BCUT2D eigenvalue weighted by atomic mass is 15.2. The van der Waals surface area contributed by atoms with Gasteiger partial charge in [-0.2, -0.15) is 0 Å². The highest BCUT2D eigenvalue weighted by Gasteiger charge is 2.25. The van der Waals surface area contributed by atoms with E-state index in [-0.39, 0.29) is 0 Å². The van der Waals surface area contributed by atoms with Crippen molar-refractivity contribution in [1.29, 1.82) is 0 Å². The zero-order valence-corrected chi connectivity index (χ0v) is 14.5. The van der Waals surface area contributed by atoms with Crippen LogP contribution in [0, 0.1) is 6.92 Å². The standard InChI is InChI=1S/C20H23N5/c1-16-13-22-9-6-19(16)24-11-2-3-18(15-24)20-23-10-12-25(20)14-17-4-7-21-8-5-17/h4-10,12-13,18H,2-3,11,14-15H2,1H3/t18-/m1/s1. The van der Waals surface area contributed by atoms with Crippen molar-refractivity contribution in [1.82, 2.24) is 19.5 Å². The molecular weight excluding hydrogens is 310 g/mol. The Kier molecular flexibility index (Phi) is 4.46. The topological polar surface area (TPSA) is 46.8 Å². The van der Waals surface area contributed by atoms with Crippen LogP contribution in [0.3, 0.4) is 0 Å². The molecule has 1 fully saturated rings. The van der Waals surface area contributed by atoms with E-state index in [0.29, 0.717) is 5.92 Å². The number of hydrogen-bond donors (Lipinski definition) is 0. The van der Waals surface area contributed by atoms with Gasteiger partial charge in [0.25, 0.3) is 0 Å². The van der Waals surface area contributed by atoms with E-state index in [0.717, 1.165) is 19.6 Å². The summed E-state index contributed by atoms with van der Waals surface area (Å²) in [7, 11) is 0. The highest BCUT2D eigenvalue weighted by molar-refractivity contribution is 5.52. The molecule has 0 amide bonds. The second-order valence-electron chi connectivity index (χ2n) is 6.72. The molecular formula is C20H23N5. The number of anilines is 1. The lowest BCUT2D eigenvalue weighted by Crippen LogP contribution is -2.35. The molecule has 0 radical (unpaired) electrons. The van der Waals surface area contributed by atoms with Gasteiger partial charge in [-0.3, -0.25) is 9.97 Å². The monoisotopic (exact) mass is 333 g/mol. The second kappa shape index (κ2) is 7.05. The van der Waals surface area contributed by atoms with Gasteiger partial charge in [0.05, 0.1) is 0 Å².